The fourth-order valence-electron chi connectivity index (χ4n) is 3.38. The molecule has 128 valence electrons. The smallest absolute Gasteiger partial charge is 0.255 e. The summed E-state index contributed by atoms with van der Waals surface area (Å²) in [6, 6.07) is 11.8. The fourth-order valence-corrected chi connectivity index (χ4v) is 3.63. The van der Waals surface area contributed by atoms with E-state index in [1.807, 2.05) is 24.3 Å². The van der Waals surface area contributed by atoms with Gasteiger partial charge in [0, 0.05) is 19.0 Å². The Morgan fingerprint density at radius 3 is 2.92 bits per heavy atom. The van der Waals surface area contributed by atoms with Gasteiger partial charge in [0.15, 0.2) is 0 Å². The van der Waals surface area contributed by atoms with Gasteiger partial charge in [-0.25, -0.2) is 9.37 Å². The Bertz CT molecular complexity index is 906. The first-order chi connectivity index (χ1) is 12.1. The van der Waals surface area contributed by atoms with E-state index < -0.39 is 5.82 Å². The molecule has 1 aliphatic heterocycles. The van der Waals surface area contributed by atoms with Crippen LogP contribution < -0.4 is 0 Å². The van der Waals surface area contributed by atoms with E-state index in [1.165, 1.54) is 18.2 Å². The average Bonchev–Trinajstić information content (AvgIpc) is 3.05. The van der Waals surface area contributed by atoms with E-state index in [2.05, 4.69) is 9.97 Å². The zero-order valence-electron chi connectivity index (χ0n) is 13.5. The number of halogens is 2. The summed E-state index contributed by atoms with van der Waals surface area (Å²) in [5.74, 6) is 0.458. The lowest BCUT2D eigenvalue weighted by Gasteiger charge is -2.32. The van der Waals surface area contributed by atoms with Crippen molar-refractivity contribution < 1.29 is 9.18 Å². The third-order valence-corrected chi connectivity index (χ3v) is 4.98. The van der Waals surface area contributed by atoms with Crippen LogP contribution in [0.25, 0.3) is 11.0 Å². The molecule has 2 aromatic carbocycles. The van der Waals surface area contributed by atoms with Gasteiger partial charge in [0.1, 0.15) is 11.6 Å². The third kappa shape index (κ3) is 3.12. The first kappa shape index (κ1) is 16.1. The number of nitrogens with one attached hydrogen (secondary N) is 1. The monoisotopic (exact) mass is 357 g/mol. The zero-order valence-corrected chi connectivity index (χ0v) is 14.3. The summed E-state index contributed by atoms with van der Waals surface area (Å²) in [5, 5.41) is 0.149. The van der Waals surface area contributed by atoms with E-state index in [-0.39, 0.29) is 16.8 Å². The molecule has 1 amide bonds. The molecule has 4 rings (SSSR count). The first-order valence-corrected chi connectivity index (χ1v) is 8.68. The lowest BCUT2D eigenvalue weighted by atomic mass is 9.96. The number of benzene rings is 2. The fraction of sp³-hybridized carbons (Fsp3) is 0.263. The number of nitrogens with zero attached hydrogens (tertiary/aromatic N) is 2. The van der Waals surface area contributed by atoms with Gasteiger partial charge in [0.2, 0.25) is 0 Å². The number of carbonyl (C=O) groups excluding carboxylic acids is 1. The highest BCUT2D eigenvalue weighted by Gasteiger charge is 2.28. The number of para-hydroxylation sites is 2. The normalized spacial score (nSPS) is 17.8. The van der Waals surface area contributed by atoms with E-state index in [1.54, 1.807) is 4.90 Å². The van der Waals surface area contributed by atoms with Crippen LogP contribution in [0, 0.1) is 5.82 Å². The van der Waals surface area contributed by atoms with Crippen LogP contribution in [0.3, 0.4) is 0 Å². The van der Waals surface area contributed by atoms with Gasteiger partial charge in [-0.2, -0.15) is 0 Å². The Labute approximate surface area is 149 Å². The van der Waals surface area contributed by atoms with Crippen molar-refractivity contribution in [2.75, 3.05) is 13.1 Å². The molecule has 0 saturated carbocycles. The van der Waals surface area contributed by atoms with E-state index in [0.29, 0.717) is 18.7 Å². The number of aromatic amines is 1. The molecule has 1 aromatic heterocycles. The predicted octanol–water partition coefficient (Wildman–Crippen LogP) is 4.38. The second-order valence-electron chi connectivity index (χ2n) is 6.35. The number of H-pyrrole nitrogens is 1. The molecule has 1 atom stereocenters. The number of fused-ring (bicyclic) bond motifs is 1. The summed E-state index contributed by atoms with van der Waals surface area (Å²) in [6.45, 7) is 1.25. The van der Waals surface area contributed by atoms with E-state index >= 15 is 0 Å². The Morgan fingerprint density at radius 1 is 1.28 bits per heavy atom. The van der Waals surface area contributed by atoms with Crippen LogP contribution in [0.1, 0.15) is 34.9 Å². The summed E-state index contributed by atoms with van der Waals surface area (Å²) in [7, 11) is 0. The maximum Gasteiger partial charge on any atom is 0.255 e. The maximum absolute atomic E-state index is 13.2. The number of amides is 1. The summed E-state index contributed by atoms with van der Waals surface area (Å²) in [4.78, 5) is 22.6. The minimum Gasteiger partial charge on any atom is -0.342 e. The molecule has 3 aromatic rings. The average molecular weight is 358 g/mol. The Hall–Kier alpha value is -2.40. The second-order valence-corrected chi connectivity index (χ2v) is 6.76. The Morgan fingerprint density at radius 2 is 2.12 bits per heavy atom. The lowest BCUT2D eigenvalue weighted by Crippen LogP contribution is -2.39. The molecular formula is C19H17ClFN3O. The van der Waals surface area contributed by atoms with Crippen LogP contribution in [-0.2, 0) is 0 Å². The molecular weight excluding hydrogens is 341 g/mol. The molecule has 6 heteroatoms. The van der Waals surface area contributed by atoms with Gasteiger partial charge in [-0.3, -0.25) is 4.79 Å². The van der Waals surface area contributed by atoms with E-state index in [4.69, 9.17) is 11.6 Å². The molecule has 0 spiro atoms. The van der Waals surface area contributed by atoms with Crippen molar-refractivity contribution in [3.63, 3.8) is 0 Å². The van der Waals surface area contributed by atoms with Crippen molar-refractivity contribution in [1.29, 1.82) is 0 Å². The Balaban J connectivity index is 1.57. The largest absolute Gasteiger partial charge is 0.342 e. The van der Waals surface area contributed by atoms with Gasteiger partial charge < -0.3 is 9.88 Å². The third-order valence-electron chi connectivity index (χ3n) is 4.66. The van der Waals surface area contributed by atoms with Gasteiger partial charge in [0.05, 0.1) is 21.6 Å². The minimum atomic E-state index is -0.444. The number of likely N-dealkylation sites (tertiary alicyclic amines) is 1. The lowest BCUT2D eigenvalue weighted by molar-refractivity contribution is 0.0705. The molecule has 4 nitrogen and oxygen atoms in total. The van der Waals surface area contributed by atoms with Crippen molar-refractivity contribution in [1.82, 2.24) is 14.9 Å². The van der Waals surface area contributed by atoms with Gasteiger partial charge in [0.25, 0.3) is 5.91 Å². The molecule has 1 aliphatic rings. The number of imidazole rings is 1. The standard InChI is InChI=1S/C19H17ClFN3O/c20-15-10-13(21)7-8-14(15)19(25)24-9-3-4-12(11-24)18-22-16-5-1-2-6-17(16)23-18/h1-2,5-8,10,12H,3-4,9,11H2,(H,22,23)/t12-/m1/s1. The number of piperidine rings is 1. The van der Waals surface area contributed by atoms with Crippen LogP contribution >= 0.6 is 11.6 Å². The molecule has 1 fully saturated rings. The SMILES string of the molecule is O=C(c1ccc(F)cc1Cl)N1CCC[C@@H](c2nc3ccccc3[nH]2)C1. The summed E-state index contributed by atoms with van der Waals surface area (Å²) in [6.07, 6.45) is 1.87. The minimum absolute atomic E-state index is 0.149. The second kappa shape index (κ2) is 6.48. The molecule has 0 bridgehead atoms. The maximum atomic E-state index is 13.2. The van der Waals surface area contributed by atoms with E-state index in [0.717, 1.165) is 29.7 Å². The van der Waals surface area contributed by atoms with Gasteiger partial charge in [-0.15, -0.1) is 0 Å². The summed E-state index contributed by atoms with van der Waals surface area (Å²) >= 11 is 6.04. The van der Waals surface area contributed by atoms with Crippen LogP contribution in [0.4, 0.5) is 4.39 Å². The zero-order chi connectivity index (χ0) is 17.4. The number of carbonyl (C=O) groups is 1. The number of rotatable bonds is 2. The van der Waals surface area contributed by atoms with Crippen molar-refractivity contribution >= 4 is 28.5 Å². The highest BCUT2D eigenvalue weighted by molar-refractivity contribution is 6.33. The summed E-state index contributed by atoms with van der Waals surface area (Å²) < 4.78 is 13.2. The Kier molecular flexibility index (Phi) is 4.17. The van der Waals surface area contributed by atoms with Gasteiger partial charge >= 0.3 is 0 Å². The molecule has 25 heavy (non-hydrogen) atoms. The number of hydrogen-bond donors (Lipinski definition) is 1. The summed E-state index contributed by atoms with van der Waals surface area (Å²) in [5.41, 5.74) is 2.28. The van der Waals surface area contributed by atoms with Crippen LogP contribution in [0.5, 0.6) is 0 Å². The van der Waals surface area contributed by atoms with Crippen LogP contribution in [0.15, 0.2) is 42.5 Å². The molecule has 1 saturated heterocycles. The van der Waals surface area contributed by atoms with Crippen molar-refractivity contribution in [2.45, 2.75) is 18.8 Å². The van der Waals surface area contributed by atoms with Gasteiger partial charge in [-0.05, 0) is 43.2 Å². The topological polar surface area (TPSA) is 49.0 Å². The highest BCUT2D eigenvalue weighted by atomic mass is 35.5. The van der Waals surface area contributed by atoms with E-state index in [9.17, 15) is 9.18 Å². The van der Waals surface area contributed by atoms with Crippen LogP contribution in [0.2, 0.25) is 5.02 Å². The highest BCUT2D eigenvalue weighted by Crippen LogP contribution is 2.28. The molecule has 1 N–H and O–H groups in total. The molecule has 0 aliphatic carbocycles. The number of hydrogen-bond acceptors (Lipinski definition) is 2. The number of aromatic nitrogens is 2. The van der Waals surface area contributed by atoms with Crippen molar-refractivity contribution in [3.8, 4) is 0 Å². The van der Waals surface area contributed by atoms with Crippen molar-refractivity contribution in [2.24, 2.45) is 0 Å². The molecule has 2 heterocycles. The quantitative estimate of drug-likeness (QED) is 0.740. The van der Waals surface area contributed by atoms with Gasteiger partial charge in [-0.1, -0.05) is 23.7 Å². The first-order valence-electron chi connectivity index (χ1n) is 8.31. The predicted molar refractivity (Wildman–Crippen MR) is 95.4 cm³/mol. The molecule has 0 unspecified atom stereocenters. The molecule has 0 radical (unpaired) electrons. The van der Waals surface area contributed by atoms with Crippen molar-refractivity contribution in [3.05, 3.63) is 64.7 Å². The van der Waals surface area contributed by atoms with Crippen LogP contribution in [-0.4, -0.2) is 33.9 Å².